The van der Waals surface area contributed by atoms with E-state index in [1.54, 1.807) is 41.5 Å². The summed E-state index contributed by atoms with van der Waals surface area (Å²) in [4.78, 5) is 44.8. The third-order valence-electron chi connectivity index (χ3n) is 14.0. The lowest BCUT2D eigenvalue weighted by Crippen LogP contribution is -2.61. The second kappa shape index (κ2) is 23.7. The highest BCUT2D eigenvalue weighted by atomic mass is 16.7. The molecule has 1 aromatic carbocycles. The van der Waals surface area contributed by atoms with Gasteiger partial charge in [0.25, 0.3) is 0 Å². The van der Waals surface area contributed by atoms with Crippen molar-refractivity contribution in [2.24, 2.45) is 17.8 Å². The normalized spacial score (nSPS) is 41.3. The Morgan fingerprint density at radius 1 is 0.924 bits per heavy atom. The molecule has 3 aliphatic rings. The molecule has 3 N–H and O–H groups in total. The first-order valence-electron chi connectivity index (χ1n) is 23.6. The molecule has 0 bridgehead atoms. The van der Waals surface area contributed by atoms with Crippen molar-refractivity contribution < 1.29 is 72.3 Å². The molecule has 3 heterocycles. The van der Waals surface area contributed by atoms with Crippen molar-refractivity contribution in [3.8, 4) is 0 Å². The van der Waals surface area contributed by atoms with Gasteiger partial charge in [-0.05, 0) is 100 Å². The van der Waals surface area contributed by atoms with Gasteiger partial charge in [-0.2, -0.15) is 0 Å². The highest BCUT2D eigenvalue weighted by molar-refractivity contribution is 5.73. The van der Waals surface area contributed by atoms with Crippen molar-refractivity contribution in [2.45, 2.75) is 199 Å². The van der Waals surface area contributed by atoms with Gasteiger partial charge in [-0.1, -0.05) is 51.1 Å². The lowest BCUT2D eigenvalue weighted by Gasteiger charge is -2.49. The van der Waals surface area contributed by atoms with Crippen molar-refractivity contribution in [1.82, 2.24) is 9.80 Å². The SMILES string of the molecule is CC[C@H]1OC(=O)[C@H](C)[C@@H](O[C@H]2C[C@@](C)(OC)[C@@H](O)[C@H](C)O2)[C@H](C)[C@@H](O[C@@H]2O[C@H](C)C[C@H](N(C)C)[C@H]2OC(C)=O)[C@@](C)(O)C[C@@H](C)CN(C)[C@H](C)[C@@H](OC(=O)COCc2ccccc2)[C@]1(C)O. The van der Waals surface area contributed by atoms with Crippen LogP contribution in [0.5, 0.6) is 0 Å². The summed E-state index contributed by atoms with van der Waals surface area (Å²) in [6.45, 7) is 19.0. The fourth-order valence-corrected chi connectivity index (χ4v) is 10.2. The number of methoxy groups -OCH3 is 1. The predicted octanol–water partition coefficient (Wildman–Crippen LogP) is 4.24. The van der Waals surface area contributed by atoms with Gasteiger partial charge in [-0.25, -0.2) is 4.79 Å². The lowest BCUT2D eigenvalue weighted by molar-refractivity contribution is -0.318. The van der Waals surface area contributed by atoms with E-state index in [4.69, 9.17) is 42.6 Å². The summed E-state index contributed by atoms with van der Waals surface area (Å²) >= 11 is 0. The van der Waals surface area contributed by atoms with Gasteiger partial charge in [0.1, 0.15) is 30.5 Å². The molecule has 0 aliphatic carbocycles. The number of cyclic esters (lactones) is 1. The van der Waals surface area contributed by atoms with E-state index in [0.717, 1.165) is 5.56 Å². The van der Waals surface area contributed by atoms with Crippen LogP contribution in [0.25, 0.3) is 0 Å². The molecule has 66 heavy (non-hydrogen) atoms. The monoisotopic (exact) mass is 939 g/mol. The Balaban J connectivity index is 1.82. The fourth-order valence-electron chi connectivity index (χ4n) is 10.2. The van der Waals surface area contributed by atoms with E-state index in [-0.39, 0.29) is 50.5 Å². The molecule has 3 saturated heterocycles. The first-order valence-corrected chi connectivity index (χ1v) is 23.6. The number of hydrogen-bond donors (Lipinski definition) is 3. The van der Waals surface area contributed by atoms with Crippen molar-refractivity contribution in [2.75, 3.05) is 41.4 Å². The number of carbonyl (C=O) groups excluding carboxylic acids is 3. The third kappa shape index (κ3) is 13.9. The number of likely N-dealkylation sites (N-methyl/N-ethyl adjacent to an activating group) is 2. The zero-order chi connectivity index (χ0) is 49.5. The average Bonchev–Trinajstić information content (AvgIpc) is 3.24. The third-order valence-corrected chi connectivity index (χ3v) is 14.0. The molecule has 0 aromatic heterocycles. The summed E-state index contributed by atoms with van der Waals surface area (Å²) in [5.41, 5.74) is -3.79. The number of ether oxygens (including phenoxy) is 9. The number of carbonyl (C=O) groups is 3. The molecule has 3 aliphatic heterocycles. The van der Waals surface area contributed by atoms with E-state index in [1.165, 1.54) is 21.0 Å². The van der Waals surface area contributed by atoms with Gasteiger partial charge in [0, 0.05) is 39.0 Å². The summed E-state index contributed by atoms with van der Waals surface area (Å²) in [5.74, 6) is -4.17. The number of nitrogens with zero attached hydrogens (tertiary/aromatic N) is 2. The summed E-state index contributed by atoms with van der Waals surface area (Å²) in [7, 11) is 7.11. The van der Waals surface area contributed by atoms with Crippen LogP contribution in [-0.2, 0) is 63.6 Å². The van der Waals surface area contributed by atoms with Crippen molar-refractivity contribution in [1.29, 1.82) is 0 Å². The van der Waals surface area contributed by atoms with Crippen molar-refractivity contribution in [3.63, 3.8) is 0 Å². The number of aliphatic hydroxyl groups excluding tert-OH is 1. The van der Waals surface area contributed by atoms with Gasteiger partial charge in [-0.15, -0.1) is 0 Å². The molecule has 3 fully saturated rings. The van der Waals surface area contributed by atoms with Crippen LogP contribution in [0.4, 0.5) is 0 Å². The first kappa shape index (κ1) is 55.8. The topological polar surface area (TPSA) is 201 Å². The Labute approximate surface area is 393 Å². The smallest absolute Gasteiger partial charge is 0.332 e. The Morgan fingerprint density at radius 2 is 1.58 bits per heavy atom. The summed E-state index contributed by atoms with van der Waals surface area (Å²) < 4.78 is 56.3. The van der Waals surface area contributed by atoms with Crippen LogP contribution in [0.3, 0.4) is 0 Å². The maximum Gasteiger partial charge on any atom is 0.332 e. The van der Waals surface area contributed by atoms with Crippen molar-refractivity contribution >= 4 is 17.9 Å². The van der Waals surface area contributed by atoms with Crippen LogP contribution in [0.1, 0.15) is 107 Å². The molecule has 0 radical (unpaired) electrons. The lowest BCUT2D eigenvalue weighted by atomic mass is 9.77. The Morgan fingerprint density at radius 3 is 2.17 bits per heavy atom. The number of benzene rings is 1. The highest BCUT2D eigenvalue weighted by Crippen LogP contribution is 2.41. The average molecular weight is 939 g/mol. The molecule has 1 aromatic rings. The van der Waals surface area contributed by atoms with Gasteiger partial charge >= 0.3 is 17.9 Å². The van der Waals surface area contributed by atoms with Crippen LogP contribution >= 0.6 is 0 Å². The molecule has 0 spiro atoms. The maximum absolute atomic E-state index is 14.8. The van der Waals surface area contributed by atoms with Gasteiger partial charge in [0.05, 0.1) is 54.2 Å². The number of aliphatic hydroxyl groups is 3. The number of hydrogen-bond acceptors (Lipinski definition) is 17. The van der Waals surface area contributed by atoms with Crippen LogP contribution in [0.15, 0.2) is 30.3 Å². The van der Waals surface area contributed by atoms with Crippen LogP contribution in [0, 0.1) is 17.8 Å². The zero-order valence-corrected chi connectivity index (χ0v) is 42.1. The molecular weight excluding hydrogens is 857 g/mol. The number of esters is 3. The fraction of sp³-hybridized carbons (Fsp3) is 0.816. The minimum atomic E-state index is -1.92. The van der Waals surface area contributed by atoms with E-state index >= 15 is 0 Å². The predicted molar refractivity (Wildman–Crippen MR) is 244 cm³/mol. The van der Waals surface area contributed by atoms with Gasteiger partial charge in [0.2, 0.25) is 0 Å². The molecule has 378 valence electrons. The van der Waals surface area contributed by atoms with Crippen LogP contribution < -0.4 is 0 Å². The van der Waals surface area contributed by atoms with Crippen LogP contribution in [0.2, 0.25) is 0 Å². The molecule has 17 nitrogen and oxygen atoms in total. The standard InChI is InChI=1S/C49H82N2O15/c1-16-37-49(11,57)44(64-38(53)27-59-26-35-20-18-17-19-21-35)32(6)51(14)25-28(2)23-47(9,56)43(66-46-41(62-34(8)52)36(50(12)13)22-29(3)60-46)30(4)40(31(5)45(55)63-37)65-39-24-48(10,58-15)42(54)33(7)61-39/h17-21,28-33,36-37,39-44,46,54,56-57H,16,22-27H2,1-15H3/t28-,29-,30+,31-,32-,33+,36+,37-,39+,40+,41-,42+,43-,44-,46+,47+,48-,49-/m1/s1. The molecule has 0 saturated carbocycles. The minimum Gasteiger partial charge on any atom is -0.459 e. The highest BCUT2D eigenvalue weighted by Gasteiger charge is 2.54. The Hall–Kier alpha value is -2.81. The Kier molecular flexibility index (Phi) is 20.0. The molecule has 17 heteroatoms. The van der Waals surface area contributed by atoms with E-state index in [0.29, 0.717) is 13.0 Å². The second-order valence-corrected chi connectivity index (χ2v) is 20.2. The van der Waals surface area contributed by atoms with Gasteiger partial charge in [-0.3, -0.25) is 14.5 Å². The molecule has 0 amide bonds. The minimum absolute atomic E-state index is 0.0832. The van der Waals surface area contributed by atoms with Gasteiger partial charge in [0.15, 0.2) is 18.7 Å². The van der Waals surface area contributed by atoms with Gasteiger partial charge < -0.3 is 62.9 Å². The molecule has 18 atom stereocenters. The van der Waals surface area contributed by atoms with Crippen LogP contribution in [-0.4, -0.2) is 175 Å². The molecule has 4 rings (SSSR count). The summed E-state index contributed by atoms with van der Waals surface area (Å²) in [6.07, 6.45) is -8.80. The maximum atomic E-state index is 14.8. The van der Waals surface area contributed by atoms with Crippen molar-refractivity contribution in [3.05, 3.63) is 35.9 Å². The van der Waals surface area contributed by atoms with E-state index in [1.807, 2.05) is 82.0 Å². The second-order valence-electron chi connectivity index (χ2n) is 20.2. The van der Waals surface area contributed by atoms with E-state index in [9.17, 15) is 29.7 Å². The molecular formula is C49H82N2O15. The van der Waals surface area contributed by atoms with E-state index in [2.05, 4.69) is 0 Å². The first-order chi connectivity index (χ1) is 30.8. The number of rotatable bonds is 13. The quantitative estimate of drug-likeness (QED) is 0.187. The summed E-state index contributed by atoms with van der Waals surface area (Å²) in [6, 6.07) is 8.46. The largest absolute Gasteiger partial charge is 0.459 e. The Bertz CT molecular complexity index is 1700. The van der Waals surface area contributed by atoms with E-state index < -0.39 is 108 Å². The molecule has 0 unspecified atom stereocenters. The zero-order valence-electron chi connectivity index (χ0n) is 42.1. The summed E-state index contributed by atoms with van der Waals surface area (Å²) in [5, 5.41) is 36.5.